The van der Waals surface area contributed by atoms with Gasteiger partial charge in [-0.1, -0.05) is 19.9 Å². The van der Waals surface area contributed by atoms with Crippen LogP contribution in [-0.4, -0.2) is 34.7 Å². The highest BCUT2D eigenvalue weighted by Crippen LogP contribution is 2.49. The van der Waals surface area contributed by atoms with Crippen molar-refractivity contribution in [3.63, 3.8) is 0 Å². The van der Waals surface area contributed by atoms with Crippen LogP contribution in [-0.2, 0) is 16.6 Å². The minimum Gasteiger partial charge on any atom is -0.508 e. The van der Waals surface area contributed by atoms with E-state index in [4.69, 9.17) is 0 Å². The lowest BCUT2D eigenvalue weighted by Crippen LogP contribution is -2.61. The number of hydrogen-bond donors (Lipinski definition) is 1. The molecule has 1 aromatic rings. The average molecular weight is 313 g/mol. The van der Waals surface area contributed by atoms with Crippen LogP contribution in [0, 0.1) is 5.92 Å². The van der Waals surface area contributed by atoms with Crippen LogP contribution in [0.4, 0.5) is 13.2 Å². The summed E-state index contributed by atoms with van der Waals surface area (Å²) in [5.41, 5.74) is 1.60. The molecule has 3 rings (SSSR count). The Hall–Kier alpha value is -1.72. The monoisotopic (exact) mass is 313 g/mol. The van der Waals surface area contributed by atoms with Gasteiger partial charge in [0.1, 0.15) is 5.75 Å². The van der Waals surface area contributed by atoms with Crippen LogP contribution in [0.25, 0.3) is 0 Å². The zero-order valence-corrected chi connectivity index (χ0v) is 12.4. The molecule has 1 aromatic carbocycles. The largest absolute Gasteiger partial charge is 0.508 e. The normalized spacial score (nSPS) is 30.9. The molecule has 2 bridgehead atoms. The first-order valence-electron chi connectivity index (χ1n) is 7.35. The molecule has 1 fully saturated rings. The number of amides is 1. The predicted octanol–water partition coefficient (Wildman–Crippen LogP) is 3.01. The molecule has 0 spiro atoms. The summed E-state index contributed by atoms with van der Waals surface area (Å²) in [5, 5.41) is 9.72. The van der Waals surface area contributed by atoms with E-state index < -0.39 is 18.1 Å². The molecule has 3 nitrogen and oxygen atoms in total. The third-order valence-corrected chi connectivity index (χ3v) is 5.50. The molecule has 1 aliphatic carbocycles. The lowest BCUT2D eigenvalue weighted by atomic mass is 9.59. The number of carbonyl (C=O) groups excluding carboxylic acids is 1. The highest BCUT2D eigenvalue weighted by atomic mass is 19.4. The minimum absolute atomic E-state index is 0.0955. The van der Waals surface area contributed by atoms with E-state index in [1.807, 2.05) is 13.8 Å². The Balaban J connectivity index is 2.03. The number of carbonyl (C=O) groups is 1. The highest BCUT2D eigenvalue weighted by Gasteiger charge is 2.53. The molecule has 0 unspecified atom stereocenters. The van der Waals surface area contributed by atoms with Gasteiger partial charge in [-0.05, 0) is 47.4 Å². The standard InChI is InChI=1S/C16H18F3NO2/c1-9-13-7-10-3-4-11(21)8-12(10)15(9,2)5-6-20(13)14(22)16(17,18)19/h3-4,8-9,13,21H,5-7H2,1-2H3/t9-,13+,15+/m0/s1. The zero-order chi connectivity index (χ0) is 16.3. The molecule has 120 valence electrons. The Labute approximate surface area is 126 Å². The number of rotatable bonds is 0. The summed E-state index contributed by atoms with van der Waals surface area (Å²) in [5.74, 6) is -1.67. The maximum atomic E-state index is 12.8. The topological polar surface area (TPSA) is 40.5 Å². The number of benzene rings is 1. The number of fused-ring (bicyclic) bond motifs is 4. The summed E-state index contributed by atoms with van der Waals surface area (Å²) >= 11 is 0. The minimum atomic E-state index is -4.83. The third kappa shape index (κ3) is 2.08. The molecule has 0 saturated carbocycles. The number of nitrogens with zero attached hydrogens (tertiary/aromatic N) is 1. The van der Waals surface area contributed by atoms with Crippen LogP contribution < -0.4 is 0 Å². The van der Waals surface area contributed by atoms with E-state index in [0.717, 1.165) is 16.0 Å². The predicted molar refractivity (Wildman–Crippen MR) is 74.5 cm³/mol. The van der Waals surface area contributed by atoms with Crippen molar-refractivity contribution in [1.29, 1.82) is 0 Å². The molecule has 6 heteroatoms. The number of aromatic hydroxyl groups is 1. The van der Waals surface area contributed by atoms with Crippen LogP contribution in [0.5, 0.6) is 5.75 Å². The maximum Gasteiger partial charge on any atom is 0.471 e. The van der Waals surface area contributed by atoms with Gasteiger partial charge < -0.3 is 10.0 Å². The zero-order valence-electron chi connectivity index (χ0n) is 12.4. The quantitative estimate of drug-likeness (QED) is 0.800. The second-order valence-electron chi connectivity index (χ2n) is 6.57. The first-order chi connectivity index (χ1) is 10.1. The van der Waals surface area contributed by atoms with E-state index in [1.165, 1.54) is 0 Å². The molecule has 0 aromatic heterocycles. The maximum absolute atomic E-state index is 12.8. The first kappa shape index (κ1) is 15.2. The highest BCUT2D eigenvalue weighted by molar-refractivity contribution is 5.82. The van der Waals surface area contributed by atoms with E-state index in [1.54, 1.807) is 18.2 Å². The summed E-state index contributed by atoms with van der Waals surface area (Å²) in [6, 6.07) is 4.56. The molecule has 22 heavy (non-hydrogen) atoms. The van der Waals surface area contributed by atoms with Crippen molar-refractivity contribution in [2.75, 3.05) is 6.54 Å². The second kappa shape index (κ2) is 4.64. The van der Waals surface area contributed by atoms with Crippen molar-refractivity contribution in [3.8, 4) is 5.75 Å². The smallest absolute Gasteiger partial charge is 0.471 e. The van der Waals surface area contributed by atoms with E-state index >= 15 is 0 Å². The fourth-order valence-electron chi connectivity index (χ4n) is 4.02. The van der Waals surface area contributed by atoms with Gasteiger partial charge in [0, 0.05) is 12.6 Å². The Morgan fingerprint density at radius 2 is 2.09 bits per heavy atom. The van der Waals surface area contributed by atoms with Crippen LogP contribution in [0.15, 0.2) is 18.2 Å². The molecule has 1 aliphatic heterocycles. The van der Waals surface area contributed by atoms with Gasteiger partial charge in [-0.2, -0.15) is 13.2 Å². The number of hydrogen-bond acceptors (Lipinski definition) is 2. The van der Waals surface area contributed by atoms with Crippen LogP contribution >= 0.6 is 0 Å². The lowest BCUT2D eigenvalue weighted by molar-refractivity contribution is -0.192. The molecular formula is C16H18F3NO2. The molecule has 0 radical (unpaired) electrons. The Morgan fingerprint density at radius 3 is 2.73 bits per heavy atom. The number of alkyl halides is 3. The summed E-state index contributed by atoms with van der Waals surface area (Å²) < 4.78 is 38.4. The van der Waals surface area contributed by atoms with Gasteiger partial charge in [0.05, 0.1) is 0 Å². The lowest BCUT2D eigenvalue weighted by Gasteiger charge is -2.54. The van der Waals surface area contributed by atoms with Crippen molar-refractivity contribution in [3.05, 3.63) is 29.3 Å². The number of likely N-dealkylation sites (tertiary alicyclic amines) is 1. The average Bonchev–Trinajstić information content (AvgIpc) is 2.42. The van der Waals surface area contributed by atoms with Crippen LogP contribution in [0.2, 0.25) is 0 Å². The number of halogens is 3. The summed E-state index contributed by atoms with van der Waals surface area (Å²) in [7, 11) is 0. The van der Waals surface area contributed by atoms with E-state index in [9.17, 15) is 23.1 Å². The fourth-order valence-corrected chi connectivity index (χ4v) is 4.02. The Kier molecular flexibility index (Phi) is 3.20. The first-order valence-corrected chi connectivity index (χ1v) is 7.35. The molecule has 3 atom stereocenters. The number of phenolic OH excluding ortho intramolecular Hbond substituents is 1. The van der Waals surface area contributed by atoms with Crippen molar-refractivity contribution < 1.29 is 23.1 Å². The molecule has 1 heterocycles. The van der Waals surface area contributed by atoms with E-state index in [0.29, 0.717) is 12.8 Å². The van der Waals surface area contributed by atoms with Crippen LogP contribution in [0.3, 0.4) is 0 Å². The molecular weight excluding hydrogens is 295 g/mol. The van der Waals surface area contributed by atoms with Crippen molar-refractivity contribution in [2.24, 2.45) is 5.92 Å². The van der Waals surface area contributed by atoms with Gasteiger partial charge in [0.2, 0.25) is 0 Å². The number of piperidine rings is 1. The van der Waals surface area contributed by atoms with Crippen molar-refractivity contribution in [2.45, 2.75) is 44.3 Å². The van der Waals surface area contributed by atoms with Gasteiger partial charge >= 0.3 is 12.1 Å². The summed E-state index contributed by atoms with van der Waals surface area (Å²) in [6.45, 7) is 4.00. The summed E-state index contributed by atoms with van der Waals surface area (Å²) in [4.78, 5) is 12.7. The van der Waals surface area contributed by atoms with E-state index in [2.05, 4.69) is 0 Å². The van der Waals surface area contributed by atoms with Crippen LogP contribution in [0.1, 0.15) is 31.4 Å². The fraction of sp³-hybridized carbons (Fsp3) is 0.562. The van der Waals surface area contributed by atoms with Gasteiger partial charge in [0.25, 0.3) is 0 Å². The Bertz CT molecular complexity index is 628. The number of phenols is 1. The molecule has 2 aliphatic rings. The van der Waals surface area contributed by atoms with Gasteiger partial charge in [-0.25, -0.2) is 0 Å². The van der Waals surface area contributed by atoms with E-state index in [-0.39, 0.29) is 23.6 Å². The third-order valence-electron chi connectivity index (χ3n) is 5.50. The summed E-state index contributed by atoms with van der Waals surface area (Å²) in [6.07, 6.45) is -3.97. The molecule has 1 saturated heterocycles. The van der Waals surface area contributed by atoms with Gasteiger partial charge in [0.15, 0.2) is 0 Å². The van der Waals surface area contributed by atoms with Gasteiger partial charge in [-0.15, -0.1) is 0 Å². The van der Waals surface area contributed by atoms with Gasteiger partial charge in [-0.3, -0.25) is 4.79 Å². The van der Waals surface area contributed by atoms with Crippen molar-refractivity contribution >= 4 is 5.91 Å². The Morgan fingerprint density at radius 1 is 1.41 bits per heavy atom. The molecule has 1 amide bonds. The SMILES string of the molecule is C[C@H]1[C@H]2Cc3ccc(O)cc3[C@]1(C)CCN2C(=O)C(F)(F)F. The van der Waals surface area contributed by atoms with Crippen molar-refractivity contribution in [1.82, 2.24) is 4.90 Å². The molecule has 1 N–H and O–H groups in total. The second-order valence-corrected chi connectivity index (χ2v) is 6.57.